The van der Waals surface area contributed by atoms with Gasteiger partial charge in [0, 0.05) is 12.1 Å². The van der Waals surface area contributed by atoms with Crippen LogP contribution in [0.1, 0.15) is 41.3 Å². The zero-order valence-electron chi connectivity index (χ0n) is 17.7. The number of nitriles is 1. The fraction of sp³-hybridized carbons (Fsp3) is 0.364. The van der Waals surface area contributed by atoms with Gasteiger partial charge >= 0.3 is 5.97 Å². The number of rotatable bonds is 7. The Balaban J connectivity index is 2.00. The van der Waals surface area contributed by atoms with E-state index in [-0.39, 0.29) is 18.4 Å². The molecule has 0 unspecified atom stereocenters. The molecule has 1 amide bonds. The third-order valence-corrected chi connectivity index (χ3v) is 4.79. The summed E-state index contributed by atoms with van der Waals surface area (Å²) < 4.78 is 10.5. The Kier molecular flexibility index (Phi) is 7.37. The van der Waals surface area contributed by atoms with Crippen molar-refractivity contribution in [2.75, 3.05) is 12.4 Å². The lowest BCUT2D eigenvalue weighted by atomic mass is 9.99. The molecule has 158 valence electrons. The Morgan fingerprint density at radius 1 is 1.27 bits per heavy atom. The molecular weight excluding hydrogens is 386 g/mol. The van der Waals surface area contributed by atoms with E-state index in [2.05, 4.69) is 10.3 Å². The van der Waals surface area contributed by atoms with Gasteiger partial charge in [0.25, 0.3) is 11.5 Å². The Labute approximate surface area is 174 Å². The molecule has 0 bridgehead atoms. The van der Waals surface area contributed by atoms with Crippen LogP contribution in [-0.4, -0.2) is 30.1 Å². The number of aromatic amines is 1. The number of hydrogen-bond acceptors (Lipinski definition) is 6. The predicted molar refractivity (Wildman–Crippen MR) is 111 cm³/mol. The summed E-state index contributed by atoms with van der Waals surface area (Å²) in [4.78, 5) is 39.1. The maximum Gasteiger partial charge on any atom is 0.306 e. The lowest BCUT2D eigenvalue weighted by Crippen LogP contribution is -2.30. The molecule has 1 aromatic carbocycles. The first kappa shape index (κ1) is 22.7. The van der Waals surface area contributed by atoms with Crippen LogP contribution >= 0.6 is 0 Å². The van der Waals surface area contributed by atoms with Crippen molar-refractivity contribution in [3.05, 3.63) is 56.5 Å². The van der Waals surface area contributed by atoms with Gasteiger partial charge in [-0.2, -0.15) is 5.26 Å². The average Bonchev–Trinajstić information content (AvgIpc) is 2.68. The van der Waals surface area contributed by atoms with Gasteiger partial charge in [-0.3, -0.25) is 14.4 Å². The first-order valence-electron chi connectivity index (χ1n) is 9.45. The van der Waals surface area contributed by atoms with Gasteiger partial charge in [0.2, 0.25) is 0 Å². The van der Waals surface area contributed by atoms with Gasteiger partial charge < -0.3 is 19.8 Å². The van der Waals surface area contributed by atoms with E-state index in [0.717, 1.165) is 5.56 Å². The van der Waals surface area contributed by atoms with Crippen LogP contribution in [0.3, 0.4) is 0 Å². The monoisotopic (exact) mass is 411 g/mol. The number of esters is 1. The van der Waals surface area contributed by atoms with E-state index in [1.165, 1.54) is 14.0 Å². The molecule has 0 aliphatic rings. The third-order valence-electron chi connectivity index (χ3n) is 4.79. The lowest BCUT2D eigenvalue weighted by Gasteiger charge is -2.16. The van der Waals surface area contributed by atoms with E-state index >= 15 is 0 Å². The second-order valence-corrected chi connectivity index (χ2v) is 6.99. The van der Waals surface area contributed by atoms with E-state index in [1.807, 2.05) is 19.1 Å². The van der Waals surface area contributed by atoms with Gasteiger partial charge in [0.1, 0.15) is 17.4 Å². The molecule has 2 rings (SSSR count). The molecule has 2 aromatic rings. The van der Waals surface area contributed by atoms with Crippen molar-refractivity contribution in [3.8, 4) is 11.8 Å². The molecule has 0 saturated carbocycles. The minimum absolute atomic E-state index is 0.00395. The van der Waals surface area contributed by atoms with E-state index in [9.17, 15) is 14.4 Å². The van der Waals surface area contributed by atoms with Crippen molar-refractivity contribution in [3.63, 3.8) is 0 Å². The highest BCUT2D eigenvalue weighted by atomic mass is 16.5. The topological polar surface area (TPSA) is 121 Å². The smallest absolute Gasteiger partial charge is 0.306 e. The van der Waals surface area contributed by atoms with Crippen molar-refractivity contribution < 1.29 is 19.1 Å². The van der Waals surface area contributed by atoms with Crippen molar-refractivity contribution in [2.24, 2.45) is 0 Å². The van der Waals surface area contributed by atoms with Crippen molar-refractivity contribution in [1.82, 2.24) is 4.98 Å². The number of aryl methyl sites for hydroxylation is 2. The molecule has 0 radical (unpaired) electrons. The van der Waals surface area contributed by atoms with Crippen LogP contribution in [0.25, 0.3) is 0 Å². The zero-order valence-corrected chi connectivity index (χ0v) is 17.7. The summed E-state index contributed by atoms with van der Waals surface area (Å²) in [5, 5.41) is 11.8. The van der Waals surface area contributed by atoms with Crippen LogP contribution in [0.2, 0.25) is 0 Å². The Hall–Kier alpha value is -3.60. The van der Waals surface area contributed by atoms with Gasteiger partial charge in [-0.15, -0.1) is 0 Å². The molecule has 1 heterocycles. The van der Waals surface area contributed by atoms with Crippen LogP contribution in [0.15, 0.2) is 23.0 Å². The molecule has 1 aromatic heterocycles. The molecule has 8 nitrogen and oxygen atoms in total. The molecule has 0 fully saturated rings. The number of amides is 1. The van der Waals surface area contributed by atoms with Crippen LogP contribution in [0.4, 0.5) is 5.69 Å². The van der Waals surface area contributed by atoms with Gasteiger partial charge in [0.05, 0.1) is 12.8 Å². The third kappa shape index (κ3) is 5.26. The van der Waals surface area contributed by atoms with Gasteiger partial charge in [-0.25, -0.2) is 0 Å². The highest BCUT2D eigenvalue weighted by molar-refractivity contribution is 5.96. The minimum atomic E-state index is -1.00. The van der Waals surface area contributed by atoms with Gasteiger partial charge in [-0.1, -0.05) is 6.07 Å². The molecule has 2 N–H and O–H groups in total. The quantitative estimate of drug-likeness (QED) is 0.676. The number of nitrogens with zero attached hydrogens (tertiary/aromatic N) is 1. The number of nitrogens with one attached hydrogen (secondary N) is 2. The summed E-state index contributed by atoms with van der Waals surface area (Å²) in [7, 11) is 1.50. The molecule has 1 atom stereocenters. The molecule has 0 spiro atoms. The first-order valence-corrected chi connectivity index (χ1v) is 9.45. The summed E-state index contributed by atoms with van der Waals surface area (Å²) in [5.41, 5.74) is 2.88. The highest BCUT2D eigenvalue weighted by Crippen LogP contribution is 2.25. The number of carbonyl (C=O) groups is 2. The number of carbonyl (C=O) groups excluding carboxylic acids is 2. The summed E-state index contributed by atoms with van der Waals surface area (Å²) in [5.74, 6) is -0.530. The van der Waals surface area contributed by atoms with Crippen LogP contribution < -0.4 is 15.6 Å². The van der Waals surface area contributed by atoms with Crippen molar-refractivity contribution in [2.45, 2.75) is 46.6 Å². The Morgan fingerprint density at radius 3 is 2.60 bits per heavy atom. The second-order valence-electron chi connectivity index (χ2n) is 6.99. The summed E-state index contributed by atoms with van der Waals surface area (Å²) in [6.07, 6.45) is -0.721. The van der Waals surface area contributed by atoms with E-state index in [4.69, 9.17) is 14.7 Å². The second kappa shape index (κ2) is 9.74. The van der Waals surface area contributed by atoms with Crippen LogP contribution in [0, 0.1) is 32.1 Å². The minimum Gasteiger partial charge on any atom is -0.495 e. The molecular formula is C22H25N3O5. The lowest BCUT2D eigenvalue weighted by molar-refractivity contribution is -0.153. The largest absolute Gasteiger partial charge is 0.495 e. The number of aromatic nitrogens is 1. The Morgan fingerprint density at radius 2 is 1.97 bits per heavy atom. The van der Waals surface area contributed by atoms with E-state index in [0.29, 0.717) is 28.3 Å². The number of pyridine rings is 1. The number of anilines is 1. The van der Waals surface area contributed by atoms with E-state index in [1.54, 1.807) is 26.0 Å². The first-order chi connectivity index (χ1) is 14.2. The zero-order chi connectivity index (χ0) is 22.4. The summed E-state index contributed by atoms with van der Waals surface area (Å²) in [6.45, 7) is 6.76. The van der Waals surface area contributed by atoms with Gasteiger partial charge in [0.15, 0.2) is 6.10 Å². The number of H-pyrrole nitrogens is 1. The molecule has 0 aliphatic carbocycles. The fourth-order valence-corrected chi connectivity index (χ4v) is 3.11. The molecule has 30 heavy (non-hydrogen) atoms. The average molecular weight is 411 g/mol. The molecule has 0 aliphatic heterocycles. The van der Waals surface area contributed by atoms with Crippen molar-refractivity contribution in [1.29, 1.82) is 5.26 Å². The number of methoxy groups -OCH3 is 1. The highest BCUT2D eigenvalue weighted by Gasteiger charge is 2.20. The number of ether oxygens (including phenoxy) is 2. The normalized spacial score (nSPS) is 11.3. The maximum absolute atomic E-state index is 12.4. The maximum atomic E-state index is 12.4. The number of hydrogen-bond donors (Lipinski definition) is 2. The predicted octanol–water partition coefficient (Wildman–Crippen LogP) is 2.68. The standard InChI is InChI=1S/C22H25N3O5/c1-12-6-8-19(29-5)18(10-12)25-21(27)15(4)30-20(26)9-7-16-13(2)17(11-23)22(28)24-14(16)3/h6,8,10,15H,7,9H2,1-5H3,(H,24,28)(H,25,27)/t15-/m0/s1. The van der Waals surface area contributed by atoms with Crippen molar-refractivity contribution >= 4 is 17.6 Å². The number of benzene rings is 1. The summed E-state index contributed by atoms with van der Waals surface area (Å²) in [6, 6.07) is 7.24. The summed E-state index contributed by atoms with van der Waals surface area (Å²) >= 11 is 0. The Bertz CT molecular complexity index is 1070. The fourth-order valence-electron chi connectivity index (χ4n) is 3.11. The SMILES string of the molecule is COc1ccc(C)cc1NC(=O)[C@H](C)OC(=O)CCc1c(C)[nH]c(=O)c(C#N)c1C. The van der Waals surface area contributed by atoms with Gasteiger partial charge in [-0.05, 0) is 62.9 Å². The van der Waals surface area contributed by atoms with E-state index < -0.39 is 23.5 Å². The van der Waals surface area contributed by atoms with Crippen LogP contribution in [0.5, 0.6) is 5.75 Å². The molecule has 0 saturated heterocycles. The molecule has 8 heteroatoms. The van der Waals surface area contributed by atoms with Crippen LogP contribution in [-0.2, 0) is 20.7 Å².